The standard InChI is InChI=1S/C12H22N2O3/c1-9-6-14(8-11(17-9)12(13)15)7-10-4-2-3-5-16-10/h9-11H,2-8H2,1H3,(H2,13,15)/t9-,10?,11?/m1/s1. The number of nitrogens with two attached hydrogens (primary N) is 1. The summed E-state index contributed by atoms with van der Waals surface area (Å²) in [5, 5.41) is 0. The van der Waals surface area contributed by atoms with E-state index in [4.69, 9.17) is 15.2 Å². The fourth-order valence-electron chi connectivity index (χ4n) is 2.58. The maximum Gasteiger partial charge on any atom is 0.247 e. The van der Waals surface area contributed by atoms with Crippen molar-refractivity contribution in [2.24, 2.45) is 5.73 Å². The zero-order valence-electron chi connectivity index (χ0n) is 10.4. The fraction of sp³-hybridized carbons (Fsp3) is 0.917. The monoisotopic (exact) mass is 242 g/mol. The zero-order valence-corrected chi connectivity index (χ0v) is 10.4. The first-order chi connectivity index (χ1) is 8.15. The van der Waals surface area contributed by atoms with Crippen LogP contribution in [-0.2, 0) is 14.3 Å². The van der Waals surface area contributed by atoms with E-state index in [-0.39, 0.29) is 12.0 Å². The van der Waals surface area contributed by atoms with Crippen LogP contribution in [0.5, 0.6) is 0 Å². The molecule has 2 N–H and O–H groups in total. The molecule has 0 aromatic heterocycles. The van der Waals surface area contributed by atoms with Gasteiger partial charge in [-0.05, 0) is 26.2 Å². The van der Waals surface area contributed by atoms with Crippen molar-refractivity contribution in [3.63, 3.8) is 0 Å². The first-order valence-electron chi connectivity index (χ1n) is 6.44. The lowest BCUT2D eigenvalue weighted by atomic mass is 10.1. The van der Waals surface area contributed by atoms with E-state index in [2.05, 4.69) is 4.90 Å². The van der Waals surface area contributed by atoms with Crippen molar-refractivity contribution in [3.8, 4) is 0 Å². The Hall–Kier alpha value is -0.650. The highest BCUT2D eigenvalue weighted by atomic mass is 16.5. The Morgan fingerprint density at radius 2 is 2.24 bits per heavy atom. The normalized spacial score (nSPS) is 35.7. The van der Waals surface area contributed by atoms with E-state index in [0.717, 1.165) is 26.1 Å². The molecule has 2 heterocycles. The summed E-state index contributed by atoms with van der Waals surface area (Å²) in [5.41, 5.74) is 5.30. The number of primary amides is 1. The van der Waals surface area contributed by atoms with E-state index in [1.54, 1.807) is 0 Å². The summed E-state index contributed by atoms with van der Waals surface area (Å²) in [5.74, 6) is -0.369. The quantitative estimate of drug-likeness (QED) is 0.764. The molecule has 5 heteroatoms. The molecular formula is C12H22N2O3. The summed E-state index contributed by atoms with van der Waals surface area (Å²) < 4.78 is 11.2. The van der Waals surface area contributed by atoms with E-state index < -0.39 is 6.10 Å². The molecule has 0 aromatic rings. The fourth-order valence-corrected chi connectivity index (χ4v) is 2.58. The molecule has 2 aliphatic heterocycles. The molecule has 0 aromatic carbocycles. The average Bonchev–Trinajstić information content (AvgIpc) is 2.29. The van der Waals surface area contributed by atoms with Gasteiger partial charge in [-0.3, -0.25) is 9.69 Å². The minimum atomic E-state index is -0.470. The topological polar surface area (TPSA) is 64.8 Å². The van der Waals surface area contributed by atoms with Crippen LogP contribution in [0.15, 0.2) is 0 Å². The first kappa shape index (κ1) is 12.8. The molecule has 98 valence electrons. The minimum Gasteiger partial charge on any atom is -0.377 e. The van der Waals surface area contributed by atoms with Gasteiger partial charge in [-0.15, -0.1) is 0 Å². The van der Waals surface area contributed by atoms with Gasteiger partial charge in [-0.1, -0.05) is 0 Å². The third-order valence-corrected chi connectivity index (χ3v) is 3.39. The lowest BCUT2D eigenvalue weighted by Crippen LogP contribution is -2.53. The van der Waals surface area contributed by atoms with E-state index in [0.29, 0.717) is 12.6 Å². The first-order valence-corrected chi connectivity index (χ1v) is 6.44. The number of carbonyl (C=O) groups excluding carboxylic acids is 1. The van der Waals surface area contributed by atoms with Crippen LogP contribution in [0.25, 0.3) is 0 Å². The summed E-state index contributed by atoms with van der Waals surface area (Å²) in [6.45, 7) is 5.17. The smallest absolute Gasteiger partial charge is 0.247 e. The van der Waals surface area contributed by atoms with Gasteiger partial charge in [0.25, 0.3) is 0 Å². The van der Waals surface area contributed by atoms with Crippen LogP contribution in [-0.4, -0.2) is 55.4 Å². The van der Waals surface area contributed by atoms with Gasteiger partial charge >= 0.3 is 0 Å². The molecule has 2 rings (SSSR count). The maximum absolute atomic E-state index is 11.2. The largest absolute Gasteiger partial charge is 0.377 e. The molecule has 2 unspecified atom stereocenters. The molecule has 2 fully saturated rings. The highest BCUT2D eigenvalue weighted by Gasteiger charge is 2.30. The van der Waals surface area contributed by atoms with Crippen LogP contribution in [0.1, 0.15) is 26.2 Å². The van der Waals surface area contributed by atoms with Crippen molar-refractivity contribution < 1.29 is 14.3 Å². The highest BCUT2D eigenvalue weighted by molar-refractivity contribution is 5.79. The Morgan fingerprint density at radius 1 is 1.41 bits per heavy atom. The number of carbonyl (C=O) groups is 1. The summed E-state index contributed by atoms with van der Waals surface area (Å²) in [6, 6.07) is 0. The average molecular weight is 242 g/mol. The Balaban J connectivity index is 1.84. The van der Waals surface area contributed by atoms with Crippen LogP contribution >= 0.6 is 0 Å². The number of morpholine rings is 1. The number of amides is 1. The molecule has 0 aliphatic carbocycles. The third-order valence-electron chi connectivity index (χ3n) is 3.39. The Morgan fingerprint density at radius 3 is 2.88 bits per heavy atom. The molecule has 0 radical (unpaired) electrons. The van der Waals surface area contributed by atoms with Crippen LogP contribution < -0.4 is 5.73 Å². The van der Waals surface area contributed by atoms with Gasteiger partial charge in [-0.25, -0.2) is 0 Å². The molecule has 2 aliphatic rings. The third kappa shape index (κ3) is 3.66. The number of rotatable bonds is 3. The second-order valence-electron chi connectivity index (χ2n) is 5.04. The van der Waals surface area contributed by atoms with Crippen molar-refractivity contribution in [2.75, 3.05) is 26.2 Å². The van der Waals surface area contributed by atoms with Crippen molar-refractivity contribution in [1.82, 2.24) is 4.90 Å². The Labute approximate surface area is 102 Å². The van der Waals surface area contributed by atoms with Crippen LogP contribution in [0.4, 0.5) is 0 Å². The molecule has 1 amide bonds. The summed E-state index contributed by atoms with van der Waals surface area (Å²) in [6.07, 6.45) is 3.42. The van der Waals surface area contributed by atoms with Crippen molar-refractivity contribution in [2.45, 2.75) is 44.5 Å². The van der Waals surface area contributed by atoms with Gasteiger partial charge in [-0.2, -0.15) is 0 Å². The second kappa shape index (κ2) is 5.80. The van der Waals surface area contributed by atoms with Gasteiger partial charge in [0.05, 0.1) is 12.2 Å². The second-order valence-corrected chi connectivity index (χ2v) is 5.04. The number of hydrogen-bond acceptors (Lipinski definition) is 4. The lowest BCUT2D eigenvalue weighted by molar-refractivity contribution is -0.144. The summed E-state index contributed by atoms with van der Waals surface area (Å²) in [4.78, 5) is 13.4. The van der Waals surface area contributed by atoms with Crippen molar-refractivity contribution in [1.29, 1.82) is 0 Å². The van der Waals surface area contributed by atoms with Crippen LogP contribution in [0, 0.1) is 0 Å². The van der Waals surface area contributed by atoms with Gasteiger partial charge in [0.1, 0.15) is 6.10 Å². The predicted molar refractivity (Wildman–Crippen MR) is 63.6 cm³/mol. The molecule has 0 saturated carbocycles. The SMILES string of the molecule is C[C@@H]1CN(CC2CCCCO2)CC(C(N)=O)O1. The van der Waals surface area contributed by atoms with Crippen LogP contribution in [0.2, 0.25) is 0 Å². The van der Waals surface area contributed by atoms with Crippen molar-refractivity contribution >= 4 is 5.91 Å². The van der Waals surface area contributed by atoms with Gasteiger partial charge in [0.2, 0.25) is 5.91 Å². The van der Waals surface area contributed by atoms with E-state index in [1.807, 2.05) is 6.92 Å². The summed E-state index contributed by atoms with van der Waals surface area (Å²) >= 11 is 0. The van der Waals surface area contributed by atoms with E-state index in [9.17, 15) is 4.79 Å². The van der Waals surface area contributed by atoms with Gasteiger partial charge in [0.15, 0.2) is 0 Å². The summed E-state index contributed by atoms with van der Waals surface area (Å²) in [7, 11) is 0. The molecule has 3 atom stereocenters. The van der Waals surface area contributed by atoms with Crippen molar-refractivity contribution in [3.05, 3.63) is 0 Å². The molecule has 2 saturated heterocycles. The molecule has 0 bridgehead atoms. The minimum absolute atomic E-state index is 0.0600. The number of ether oxygens (including phenoxy) is 2. The molecular weight excluding hydrogens is 220 g/mol. The molecule has 17 heavy (non-hydrogen) atoms. The van der Waals surface area contributed by atoms with E-state index in [1.165, 1.54) is 12.8 Å². The predicted octanol–water partition coefficient (Wildman–Crippen LogP) is 0.130. The Bertz CT molecular complexity index is 266. The van der Waals surface area contributed by atoms with E-state index >= 15 is 0 Å². The maximum atomic E-state index is 11.2. The molecule has 0 spiro atoms. The van der Waals surface area contributed by atoms with Crippen LogP contribution in [0.3, 0.4) is 0 Å². The van der Waals surface area contributed by atoms with Gasteiger partial charge < -0.3 is 15.2 Å². The molecule has 5 nitrogen and oxygen atoms in total. The Kier molecular flexibility index (Phi) is 4.36. The zero-order chi connectivity index (χ0) is 12.3. The number of hydrogen-bond donors (Lipinski definition) is 1. The lowest BCUT2D eigenvalue weighted by Gasteiger charge is -2.37. The highest BCUT2D eigenvalue weighted by Crippen LogP contribution is 2.17. The van der Waals surface area contributed by atoms with Gasteiger partial charge in [0, 0.05) is 26.2 Å². The number of nitrogens with zero attached hydrogens (tertiary/aromatic N) is 1.